The quantitative estimate of drug-likeness (QED) is 0.148. The first-order valence-electron chi connectivity index (χ1n) is 14.3. The van der Waals surface area contributed by atoms with E-state index in [2.05, 4.69) is 72.9 Å². The van der Waals surface area contributed by atoms with E-state index >= 15 is 0 Å². The lowest BCUT2D eigenvalue weighted by molar-refractivity contribution is -0.125. The van der Waals surface area contributed by atoms with Crippen LogP contribution in [0.1, 0.15) is 81.2 Å². The summed E-state index contributed by atoms with van der Waals surface area (Å²) in [5.74, 6) is -0.0845. The minimum absolute atomic E-state index is 0.0888. The van der Waals surface area contributed by atoms with Gasteiger partial charge in [-0.25, -0.2) is 4.79 Å². The Morgan fingerprint density at radius 2 is 1.43 bits per heavy atom. The Kier molecular flexibility index (Phi) is 9.65. The molecular formula is C34H42N4O2. The Morgan fingerprint density at radius 1 is 0.775 bits per heavy atom. The van der Waals surface area contributed by atoms with Gasteiger partial charge in [-0.05, 0) is 47.4 Å². The van der Waals surface area contributed by atoms with Crippen LogP contribution in [0.2, 0.25) is 0 Å². The zero-order valence-corrected chi connectivity index (χ0v) is 24.3. The van der Waals surface area contributed by atoms with Gasteiger partial charge < -0.3 is 20.9 Å². The Bertz CT molecular complexity index is 1400. The van der Waals surface area contributed by atoms with Gasteiger partial charge in [0.15, 0.2) is 0 Å². The van der Waals surface area contributed by atoms with Crippen molar-refractivity contribution in [2.24, 2.45) is 5.92 Å². The molecule has 0 radical (unpaired) electrons. The molecule has 1 aromatic heterocycles. The van der Waals surface area contributed by atoms with E-state index < -0.39 is 12.0 Å². The van der Waals surface area contributed by atoms with Crippen LogP contribution in [0.15, 0.2) is 79.0 Å². The molecule has 0 fully saturated rings. The molecule has 3 aromatic carbocycles. The number of fused-ring (bicyclic) bond motifs is 1. The van der Waals surface area contributed by atoms with Gasteiger partial charge >= 0.3 is 6.03 Å². The Labute approximate surface area is 238 Å². The predicted octanol–water partition coefficient (Wildman–Crippen LogP) is 7.66. The molecule has 0 aliphatic carbocycles. The predicted molar refractivity (Wildman–Crippen MR) is 165 cm³/mol. The number of aromatic amines is 1. The van der Waals surface area contributed by atoms with Crippen molar-refractivity contribution in [3.05, 3.63) is 101 Å². The van der Waals surface area contributed by atoms with Crippen molar-refractivity contribution in [1.29, 1.82) is 0 Å². The third-order valence-electron chi connectivity index (χ3n) is 7.55. The first kappa shape index (κ1) is 28.9. The molecule has 1 heterocycles. The second-order valence-electron chi connectivity index (χ2n) is 11.2. The van der Waals surface area contributed by atoms with Crippen molar-refractivity contribution in [2.75, 3.05) is 11.9 Å². The molecule has 3 amide bonds. The minimum atomic E-state index is -0.529. The molecule has 4 rings (SSSR count). The average Bonchev–Trinajstić information content (AvgIpc) is 3.38. The van der Waals surface area contributed by atoms with Gasteiger partial charge in [0.05, 0.1) is 12.0 Å². The van der Waals surface area contributed by atoms with Gasteiger partial charge in [-0.1, -0.05) is 101 Å². The lowest BCUT2D eigenvalue weighted by Gasteiger charge is -2.26. The normalized spacial score (nSPS) is 12.9. The average molecular weight is 539 g/mol. The van der Waals surface area contributed by atoms with E-state index in [-0.39, 0.29) is 23.8 Å². The summed E-state index contributed by atoms with van der Waals surface area (Å²) >= 11 is 0. The van der Waals surface area contributed by atoms with E-state index in [1.54, 1.807) is 0 Å². The van der Waals surface area contributed by atoms with Crippen molar-refractivity contribution in [3.8, 4) is 0 Å². The van der Waals surface area contributed by atoms with Gasteiger partial charge in [0, 0.05) is 34.9 Å². The van der Waals surface area contributed by atoms with Crippen LogP contribution in [0.25, 0.3) is 10.9 Å². The molecule has 40 heavy (non-hydrogen) atoms. The number of benzene rings is 3. The second-order valence-corrected chi connectivity index (χ2v) is 11.2. The zero-order chi connectivity index (χ0) is 28.6. The number of aromatic nitrogens is 1. The number of carbonyl (C=O) groups excluding carboxylic acids is 2. The summed E-state index contributed by atoms with van der Waals surface area (Å²) in [6.45, 7) is 11.0. The van der Waals surface area contributed by atoms with E-state index in [0.717, 1.165) is 46.1 Å². The SMILES string of the molecule is CC(C)c1cccc(C(C)C)c1NC(=O)NC(c1c[nH]c2ccccc12)C(C)C(=O)NCCCc1ccccc1. The van der Waals surface area contributed by atoms with Crippen LogP contribution in [0.3, 0.4) is 0 Å². The maximum Gasteiger partial charge on any atom is 0.319 e. The highest BCUT2D eigenvalue weighted by molar-refractivity contribution is 5.93. The summed E-state index contributed by atoms with van der Waals surface area (Å²) in [6, 6.07) is 23.5. The topological polar surface area (TPSA) is 86.0 Å². The molecule has 0 saturated carbocycles. The van der Waals surface area contributed by atoms with Crippen LogP contribution in [0, 0.1) is 5.92 Å². The highest BCUT2D eigenvalue weighted by atomic mass is 16.2. The number of H-pyrrole nitrogens is 1. The molecule has 6 heteroatoms. The fraction of sp³-hybridized carbons (Fsp3) is 0.353. The summed E-state index contributed by atoms with van der Waals surface area (Å²) in [6.07, 6.45) is 3.64. The van der Waals surface area contributed by atoms with Crippen molar-refractivity contribution >= 4 is 28.5 Å². The number of amides is 3. The first-order chi connectivity index (χ1) is 19.3. The van der Waals surface area contributed by atoms with Crippen molar-refractivity contribution in [3.63, 3.8) is 0 Å². The standard InChI is InChI=1S/C34H42N4O2/c1-22(2)26-17-11-18-27(23(3)4)32(26)38-34(40)37-31(29-21-36-30-19-10-9-16-28(29)30)24(5)33(39)35-20-12-15-25-13-7-6-8-14-25/h6-11,13-14,16-19,21-24,31,36H,12,15,20H2,1-5H3,(H,35,39)(H2,37,38,40). The molecule has 0 aliphatic rings. The van der Waals surface area contributed by atoms with Crippen molar-refractivity contribution in [2.45, 2.75) is 65.3 Å². The number of carbonyl (C=O) groups is 2. The number of urea groups is 1. The maximum absolute atomic E-state index is 13.6. The highest BCUT2D eigenvalue weighted by Crippen LogP contribution is 2.33. The second kappa shape index (κ2) is 13.3. The molecule has 4 N–H and O–H groups in total. The van der Waals surface area contributed by atoms with Crippen molar-refractivity contribution in [1.82, 2.24) is 15.6 Å². The minimum Gasteiger partial charge on any atom is -0.361 e. The van der Waals surface area contributed by atoms with Crippen LogP contribution in [-0.4, -0.2) is 23.5 Å². The van der Waals surface area contributed by atoms with E-state index in [1.165, 1.54) is 5.56 Å². The number of anilines is 1. The third kappa shape index (κ3) is 6.92. The highest BCUT2D eigenvalue weighted by Gasteiger charge is 2.29. The molecule has 210 valence electrons. The molecule has 0 bridgehead atoms. The number of rotatable bonds is 11. The maximum atomic E-state index is 13.6. The van der Waals surface area contributed by atoms with Gasteiger partial charge in [0.1, 0.15) is 0 Å². The van der Waals surface area contributed by atoms with Gasteiger partial charge in [0.25, 0.3) is 0 Å². The van der Waals surface area contributed by atoms with Crippen LogP contribution < -0.4 is 16.0 Å². The van der Waals surface area contributed by atoms with E-state index in [4.69, 9.17) is 0 Å². The molecule has 4 aromatic rings. The summed E-state index contributed by atoms with van der Waals surface area (Å²) in [7, 11) is 0. The summed E-state index contributed by atoms with van der Waals surface area (Å²) in [4.78, 5) is 30.2. The van der Waals surface area contributed by atoms with Crippen LogP contribution in [0.4, 0.5) is 10.5 Å². The number of para-hydroxylation sites is 2. The number of hydrogen-bond acceptors (Lipinski definition) is 2. The van der Waals surface area contributed by atoms with E-state index in [1.807, 2.05) is 61.7 Å². The smallest absolute Gasteiger partial charge is 0.319 e. The first-order valence-corrected chi connectivity index (χ1v) is 14.3. The van der Waals surface area contributed by atoms with E-state index in [0.29, 0.717) is 6.54 Å². The monoisotopic (exact) mass is 538 g/mol. The number of nitrogens with one attached hydrogen (secondary N) is 4. The molecule has 2 atom stereocenters. The fourth-order valence-corrected chi connectivity index (χ4v) is 5.27. The molecule has 6 nitrogen and oxygen atoms in total. The van der Waals surface area contributed by atoms with Gasteiger partial charge in [0.2, 0.25) is 5.91 Å². The molecule has 0 aliphatic heterocycles. The molecule has 0 saturated heterocycles. The summed E-state index contributed by atoms with van der Waals surface area (Å²) in [5, 5.41) is 10.4. The Hall–Kier alpha value is -4.06. The molecular weight excluding hydrogens is 496 g/mol. The third-order valence-corrected chi connectivity index (χ3v) is 7.55. The number of aryl methyl sites for hydroxylation is 1. The van der Waals surface area contributed by atoms with E-state index in [9.17, 15) is 9.59 Å². The zero-order valence-electron chi connectivity index (χ0n) is 24.3. The van der Waals surface area contributed by atoms with Crippen molar-refractivity contribution < 1.29 is 9.59 Å². The Balaban J connectivity index is 1.54. The van der Waals surface area contributed by atoms with Gasteiger partial charge in [-0.3, -0.25) is 4.79 Å². The lowest BCUT2D eigenvalue weighted by atomic mass is 9.92. The summed E-state index contributed by atoms with van der Waals surface area (Å²) < 4.78 is 0. The fourth-order valence-electron chi connectivity index (χ4n) is 5.27. The number of hydrogen-bond donors (Lipinski definition) is 4. The van der Waals surface area contributed by atoms with Crippen LogP contribution in [0.5, 0.6) is 0 Å². The summed E-state index contributed by atoms with van der Waals surface area (Å²) in [5.41, 5.74) is 6.14. The molecule has 2 unspecified atom stereocenters. The largest absolute Gasteiger partial charge is 0.361 e. The lowest BCUT2D eigenvalue weighted by Crippen LogP contribution is -2.42. The van der Waals surface area contributed by atoms with Crippen LogP contribution in [-0.2, 0) is 11.2 Å². The van der Waals surface area contributed by atoms with Crippen LogP contribution >= 0.6 is 0 Å². The molecule has 0 spiro atoms. The Morgan fingerprint density at radius 3 is 2.10 bits per heavy atom. The van der Waals surface area contributed by atoms with Gasteiger partial charge in [-0.15, -0.1) is 0 Å². The van der Waals surface area contributed by atoms with Gasteiger partial charge in [-0.2, -0.15) is 0 Å².